The molecule has 3 aromatic rings. The predicted molar refractivity (Wildman–Crippen MR) is 103 cm³/mol. The van der Waals surface area contributed by atoms with E-state index in [1.165, 1.54) is 14.2 Å². The average molecular weight is 371 g/mol. The number of nitrogens with one attached hydrogen (secondary N) is 2. The number of anilines is 2. The first-order valence-electron chi connectivity index (χ1n) is 8.38. The first kappa shape index (κ1) is 18.4. The second-order valence-electron chi connectivity index (χ2n) is 6.16. The Morgan fingerprint density at radius 1 is 1.07 bits per heavy atom. The Hall–Kier alpha value is -3.42. The van der Waals surface area contributed by atoms with Gasteiger partial charge in [-0.05, 0) is 38.1 Å². The number of rotatable bonds is 5. The Balaban J connectivity index is 1.81. The van der Waals surface area contributed by atoms with Gasteiger partial charge in [-0.15, -0.1) is 0 Å². The molecule has 8 heteroatoms. The Morgan fingerprint density at radius 2 is 1.85 bits per heavy atom. The summed E-state index contributed by atoms with van der Waals surface area (Å²) >= 11 is 0. The van der Waals surface area contributed by atoms with Gasteiger partial charge >= 0.3 is 11.8 Å². The molecule has 2 aromatic carbocycles. The monoisotopic (exact) mass is 371 g/mol. The smallest absolute Gasteiger partial charge is 0.420 e. The first-order valence-corrected chi connectivity index (χ1v) is 8.38. The van der Waals surface area contributed by atoms with Crippen molar-refractivity contribution in [3.8, 4) is 11.5 Å². The summed E-state index contributed by atoms with van der Waals surface area (Å²) in [6.07, 6.45) is 0. The van der Waals surface area contributed by atoms with Gasteiger partial charge < -0.3 is 24.5 Å². The Labute approximate surface area is 155 Å². The van der Waals surface area contributed by atoms with E-state index in [2.05, 4.69) is 10.6 Å². The number of ether oxygens (including phenoxy) is 2. The van der Waals surface area contributed by atoms with Gasteiger partial charge in [0, 0.05) is 23.9 Å². The average Bonchev–Trinajstić information content (AvgIpc) is 2.96. The minimum atomic E-state index is -0.466. The SMILES string of the molecule is COc1ccc(OC)c(NC(=O)Nc2ccc3c(c2)oc(=O)n3C(C)C)c1. The highest BCUT2D eigenvalue weighted by molar-refractivity contribution is 6.01. The lowest BCUT2D eigenvalue weighted by Gasteiger charge is -2.12. The Bertz CT molecular complexity index is 1040. The van der Waals surface area contributed by atoms with E-state index in [0.29, 0.717) is 34.0 Å². The summed E-state index contributed by atoms with van der Waals surface area (Å²) in [4.78, 5) is 24.3. The maximum Gasteiger partial charge on any atom is 0.420 e. The summed E-state index contributed by atoms with van der Waals surface area (Å²) in [6.45, 7) is 3.80. The van der Waals surface area contributed by atoms with Crippen LogP contribution in [-0.2, 0) is 0 Å². The number of carbonyl (C=O) groups is 1. The van der Waals surface area contributed by atoms with Crippen LogP contribution in [0.5, 0.6) is 11.5 Å². The lowest BCUT2D eigenvalue weighted by molar-refractivity contribution is 0.262. The Morgan fingerprint density at radius 3 is 2.52 bits per heavy atom. The van der Waals surface area contributed by atoms with E-state index in [-0.39, 0.29) is 6.04 Å². The number of nitrogens with zero attached hydrogens (tertiary/aromatic N) is 1. The highest BCUT2D eigenvalue weighted by Gasteiger charge is 2.14. The van der Waals surface area contributed by atoms with Crippen LogP contribution in [0, 0.1) is 0 Å². The van der Waals surface area contributed by atoms with Crippen LogP contribution in [0.2, 0.25) is 0 Å². The van der Waals surface area contributed by atoms with Crippen molar-refractivity contribution in [1.29, 1.82) is 0 Å². The quantitative estimate of drug-likeness (QED) is 0.711. The van der Waals surface area contributed by atoms with E-state index in [1.54, 1.807) is 41.0 Å². The summed E-state index contributed by atoms with van der Waals surface area (Å²) < 4.78 is 17.2. The molecule has 0 radical (unpaired) electrons. The minimum absolute atomic E-state index is 0.0265. The number of methoxy groups -OCH3 is 2. The molecule has 27 heavy (non-hydrogen) atoms. The number of hydrogen-bond donors (Lipinski definition) is 2. The number of oxazole rings is 1. The standard InChI is InChI=1S/C19H21N3O5/c1-11(2)22-15-7-5-12(9-17(15)27-19(22)24)20-18(23)21-14-10-13(25-3)6-8-16(14)26-4/h5-11H,1-4H3,(H2,20,21,23). The summed E-state index contributed by atoms with van der Waals surface area (Å²) in [5.74, 6) is 0.661. The van der Waals surface area contributed by atoms with Crippen LogP contribution in [0.25, 0.3) is 11.1 Å². The van der Waals surface area contributed by atoms with Crippen molar-refractivity contribution in [2.24, 2.45) is 0 Å². The zero-order valence-electron chi connectivity index (χ0n) is 15.5. The van der Waals surface area contributed by atoms with E-state index in [4.69, 9.17) is 13.9 Å². The molecule has 3 rings (SSSR count). The molecule has 0 aliphatic heterocycles. The van der Waals surface area contributed by atoms with E-state index >= 15 is 0 Å². The Kier molecular flexibility index (Phi) is 5.07. The first-order chi connectivity index (χ1) is 12.9. The molecule has 0 saturated carbocycles. The summed E-state index contributed by atoms with van der Waals surface area (Å²) in [6, 6.07) is 9.65. The molecule has 142 valence electrons. The fraction of sp³-hybridized carbons (Fsp3) is 0.263. The molecule has 1 heterocycles. The molecule has 0 spiro atoms. The summed E-state index contributed by atoms with van der Waals surface area (Å²) in [7, 11) is 3.05. The topological polar surface area (TPSA) is 94.7 Å². The highest BCUT2D eigenvalue weighted by atomic mass is 16.5. The third-order valence-electron chi connectivity index (χ3n) is 4.04. The number of carbonyl (C=O) groups excluding carboxylic acids is 1. The fourth-order valence-corrected chi connectivity index (χ4v) is 2.80. The van der Waals surface area contributed by atoms with Crippen LogP contribution in [0.15, 0.2) is 45.6 Å². The molecule has 1 aromatic heterocycles. The number of benzene rings is 2. The number of fused-ring (bicyclic) bond motifs is 1. The predicted octanol–water partition coefficient (Wildman–Crippen LogP) is 3.84. The molecule has 2 amide bonds. The van der Waals surface area contributed by atoms with Crippen LogP contribution in [0.1, 0.15) is 19.9 Å². The third kappa shape index (κ3) is 3.74. The van der Waals surface area contributed by atoms with Crippen molar-refractivity contribution in [2.75, 3.05) is 24.9 Å². The van der Waals surface area contributed by atoms with Crippen molar-refractivity contribution in [2.45, 2.75) is 19.9 Å². The molecular formula is C19H21N3O5. The van der Waals surface area contributed by atoms with Gasteiger partial charge in [-0.25, -0.2) is 9.59 Å². The number of hydrogen-bond acceptors (Lipinski definition) is 5. The van der Waals surface area contributed by atoms with Gasteiger partial charge in [0.15, 0.2) is 5.58 Å². The van der Waals surface area contributed by atoms with Crippen molar-refractivity contribution in [3.63, 3.8) is 0 Å². The molecule has 2 N–H and O–H groups in total. The van der Waals surface area contributed by atoms with Crippen LogP contribution in [-0.4, -0.2) is 24.8 Å². The number of amides is 2. The van der Waals surface area contributed by atoms with Crippen molar-refractivity contribution in [1.82, 2.24) is 4.57 Å². The molecule has 0 fully saturated rings. The largest absolute Gasteiger partial charge is 0.497 e. The van der Waals surface area contributed by atoms with E-state index in [0.717, 1.165) is 0 Å². The molecule has 0 aliphatic carbocycles. The summed E-state index contributed by atoms with van der Waals surface area (Å²) in [5, 5.41) is 5.43. The van der Waals surface area contributed by atoms with Gasteiger partial charge in [-0.2, -0.15) is 0 Å². The van der Waals surface area contributed by atoms with Gasteiger partial charge in [-0.3, -0.25) is 4.57 Å². The number of urea groups is 1. The normalized spacial score (nSPS) is 10.9. The lowest BCUT2D eigenvalue weighted by Crippen LogP contribution is -2.19. The zero-order valence-corrected chi connectivity index (χ0v) is 15.5. The maximum atomic E-state index is 12.3. The number of aromatic nitrogens is 1. The molecule has 0 saturated heterocycles. The van der Waals surface area contributed by atoms with Crippen molar-refractivity contribution in [3.05, 3.63) is 46.9 Å². The fourth-order valence-electron chi connectivity index (χ4n) is 2.80. The second-order valence-corrected chi connectivity index (χ2v) is 6.16. The summed E-state index contributed by atoms with van der Waals surface area (Å²) in [5.41, 5.74) is 2.04. The van der Waals surface area contributed by atoms with E-state index < -0.39 is 11.8 Å². The molecule has 8 nitrogen and oxygen atoms in total. The van der Waals surface area contributed by atoms with Gasteiger partial charge in [-0.1, -0.05) is 0 Å². The molecule has 0 bridgehead atoms. The van der Waals surface area contributed by atoms with Crippen LogP contribution in [0.3, 0.4) is 0 Å². The van der Waals surface area contributed by atoms with Gasteiger partial charge in [0.2, 0.25) is 0 Å². The maximum absolute atomic E-state index is 12.3. The van der Waals surface area contributed by atoms with Crippen LogP contribution >= 0.6 is 0 Å². The molecule has 0 unspecified atom stereocenters. The van der Waals surface area contributed by atoms with Gasteiger partial charge in [0.05, 0.1) is 25.4 Å². The van der Waals surface area contributed by atoms with Crippen molar-refractivity contribution >= 4 is 28.5 Å². The second kappa shape index (κ2) is 7.45. The van der Waals surface area contributed by atoms with E-state index in [1.807, 2.05) is 13.8 Å². The van der Waals surface area contributed by atoms with E-state index in [9.17, 15) is 9.59 Å². The molecule has 0 aliphatic rings. The third-order valence-corrected chi connectivity index (χ3v) is 4.04. The van der Waals surface area contributed by atoms with Crippen LogP contribution in [0.4, 0.5) is 16.2 Å². The highest BCUT2D eigenvalue weighted by Crippen LogP contribution is 2.29. The minimum Gasteiger partial charge on any atom is -0.497 e. The zero-order chi connectivity index (χ0) is 19.6. The molecular weight excluding hydrogens is 350 g/mol. The molecule has 0 atom stereocenters. The van der Waals surface area contributed by atoms with Gasteiger partial charge in [0.1, 0.15) is 11.5 Å². The van der Waals surface area contributed by atoms with Crippen LogP contribution < -0.4 is 25.9 Å². The lowest BCUT2D eigenvalue weighted by atomic mass is 10.2. The van der Waals surface area contributed by atoms with Gasteiger partial charge in [0.25, 0.3) is 0 Å². The van der Waals surface area contributed by atoms with Crippen molar-refractivity contribution < 1.29 is 18.7 Å².